The van der Waals surface area contributed by atoms with Gasteiger partial charge in [-0.3, -0.25) is 19.3 Å². The van der Waals surface area contributed by atoms with Gasteiger partial charge in [-0.25, -0.2) is 18.7 Å². The lowest BCUT2D eigenvalue weighted by atomic mass is 10.1. The maximum Gasteiger partial charge on any atom is 0.260 e. The predicted octanol–water partition coefficient (Wildman–Crippen LogP) is 4.19. The van der Waals surface area contributed by atoms with Gasteiger partial charge in [-0.1, -0.05) is 17.9 Å². The summed E-state index contributed by atoms with van der Waals surface area (Å²) < 4.78 is 32.1. The highest BCUT2D eigenvalue weighted by Gasteiger charge is 2.62. The molecule has 1 saturated carbocycles. The van der Waals surface area contributed by atoms with E-state index in [-0.39, 0.29) is 11.5 Å². The zero-order chi connectivity index (χ0) is 22.6. The maximum absolute atomic E-state index is 15.2. The second-order valence-electron chi connectivity index (χ2n) is 7.95. The highest BCUT2D eigenvalue weighted by atomic mass is 19.1. The molecule has 6 rings (SSSR count). The first kappa shape index (κ1) is 19.3. The molecule has 1 aliphatic carbocycles. The van der Waals surface area contributed by atoms with Crippen LogP contribution in [0.2, 0.25) is 0 Å². The summed E-state index contributed by atoms with van der Waals surface area (Å²) in [6, 6.07) is 11.2. The average Bonchev–Trinajstić information content (AvgIpc) is 3.47. The first-order valence-corrected chi connectivity index (χ1v) is 10.3. The van der Waals surface area contributed by atoms with Crippen LogP contribution in [0, 0.1) is 23.5 Å². The largest absolute Gasteiger partial charge is 0.293 e. The summed E-state index contributed by atoms with van der Waals surface area (Å²) in [7, 11) is 0. The fourth-order valence-electron chi connectivity index (χ4n) is 4.20. The number of amides is 1. The standard InChI is InChI=1S/C25H15F2N5O/c26-18-12-17(7-6-16-4-3-10-28-14-16)13-19(27)22(18)31-23(33)25(8-9-25)32-21(15-30-24(31)32)20-5-1-2-11-29-20/h1-5,10-15H,8-9H2. The number of carbonyl (C=O) groups excluding carboxylic acids is 1. The summed E-state index contributed by atoms with van der Waals surface area (Å²) >= 11 is 0. The summed E-state index contributed by atoms with van der Waals surface area (Å²) in [5.74, 6) is 3.59. The number of carbonyl (C=O) groups is 1. The van der Waals surface area contributed by atoms with E-state index >= 15 is 8.78 Å². The van der Waals surface area contributed by atoms with Crippen LogP contribution in [0.3, 0.4) is 0 Å². The number of nitrogens with zero attached hydrogens (tertiary/aromatic N) is 5. The van der Waals surface area contributed by atoms with Crippen molar-refractivity contribution in [2.75, 3.05) is 4.90 Å². The monoisotopic (exact) mass is 439 g/mol. The number of benzene rings is 1. The van der Waals surface area contributed by atoms with Crippen molar-refractivity contribution in [2.24, 2.45) is 0 Å². The van der Waals surface area contributed by atoms with Crippen molar-refractivity contribution < 1.29 is 13.6 Å². The quantitative estimate of drug-likeness (QED) is 0.440. The normalized spacial score (nSPS) is 15.3. The zero-order valence-electron chi connectivity index (χ0n) is 17.2. The Balaban J connectivity index is 1.44. The van der Waals surface area contributed by atoms with Gasteiger partial charge in [-0.2, -0.15) is 0 Å². The van der Waals surface area contributed by atoms with Crippen LogP contribution in [-0.4, -0.2) is 25.4 Å². The van der Waals surface area contributed by atoms with Gasteiger partial charge in [0, 0.05) is 29.7 Å². The highest BCUT2D eigenvalue weighted by Crippen LogP contribution is 2.56. The molecule has 0 radical (unpaired) electrons. The van der Waals surface area contributed by atoms with E-state index in [2.05, 4.69) is 26.8 Å². The molecule has 0 N–H and O–H groups in total. The van der Waals surface area contributed by atoms with E-state index in [1.54, 1.807) is 47.6 Å². The molecule has 3 aromatic heterocycles. The van der Waals surface area contributed by atoms with Gasteiger partial charge in [-0.15, -0.1) is 0 Å². The van der Waals surface area contributed by atoms with Crippen LogP contribution in [-0.2, 0) is 10.3 Å². The molecule has 4 aromatic rings. The molecule has 0 unspecified atom stereocenters. The third-order valence-corrected chi connectivity index (χ3v) is 5.88. The molecule has 0 saturated heterocycles. The van der Waals surface area contributed by atoms with Crippen molar-refractivity contribution in [2.45, 2.75) is 18.4 Å². The highest BCUT2D eigenvalue weighted by molar-refractivity contribution is 6.09. The molecule has 1 spiro atoms. The van der Waals surface area contributed by atoms with Gasteiger partial charge < -0.3 is 0 Å². The summed E-state index contributed by atoms with van der Waals surface area (Å²) in [6.07, 6.45) is 7.55. The number of anilines is 2. The molecule has 6 nitrogen and oxygen atoms in total. The Morgan fingerprint density at radius 2 is 1.70 bits per heavy atom. The average molecular weight is 439 g/mol. The van der Waals surface area contributed by atoms with E-state index in [1.807, 2.05) is 12.1 Å². The lowest BCUT2D eigenvalue weighted by Crippen LogP contribution is -2.31. The van der Waals surface area contributed by atoms with E-state index < -0.39 is 28.8 Å². The molecule has 0 atom stereocenters. The number of fused-ring (bicyclic) bond motifs is 2. The number of hydrogen-bond donors (Lipinski definition) is 0. The summed E-state index contributed by atoms with van der Waals surface area (Å²) in [6.45, 7) is 0. The Labute approximate surface area is 187 Å². The van der Waals surface area contributed by atoms with Gasteiger partial charge >= 0.3 is 0 Å². The minimum absolute atomic E-state index is 0.155. The maximum atomic E-state index is 15.2. The Morgan fingerprint density at radius 1 is 0.909 bits per heavy atom. The van der Waals surface area contributed by atoms with E-state index in [0.29, 0.717) is 29.8 Å². The van der Waals surface area contributed by atoms with E-state index in [9.17, 15) is 4.79 Å². The van der Waals surface area contributed by atoms with Gasteiger partial charge in [-0.05, 0) is 49.2 Å². The number of imidazole rings is 1. The summed E-state index contributed by atoms with van der Waals surface area (Å²) in [5, 5.41) is 0. The van der Waals surface area contributed by atoms with Crippen LogP contribution in [0.25, 0.3) is 11.4 Å². The summed E-state index contributed by atoms with van der Waals surface area (Å²) in [5.41, 5.74) is 0.726. The van der Waals surface area contributed by atoms with Crippen LogP contribution in [0.15, 0.2) is 67.3 Å². The Morgan fingerprint density at radius 3 is 2.36 bits per heavy atom. The number of hydrogen-bond acceptors (Lipinski definition) is 4. The minimum Gasteiger partial charge on any atom is -0.293 e. The van der Waals surface area contributed by atoms with Crippen molar-refractivity contribution in [3.8, 4) is 23.2 Å². The molecule has 160 valence electrons. The van der Waals surface area contributed by atoms with Crippen molar-refractivity contribution in [1.82, 2.24) is 19.5 Å². The van der Waals surface area contributed by atoms with Crippen LogP contribution >= 0.6 is 0 Å². The third-order valence-electron chi connectivity index (χ3n) is 5.88. The predicted molar refractivity (Wildman–Crippen MR) is 116 cm³/mol. The van der Waals surface area contributed by atoms with Crippen LogP contribution in [0.4, 0.5) is 20.4 Å². The fourth-order valence-corrected chi connectivity index (χ4v) is 4.20. The van der Waals surface area contributed by atoms with Gasteiger partial charge in [0.05, 0.1) is 17.6 Å². The number of rotatable bonds is 2. The number of pyridine rings is 2. The molecule has 1 amide bonds. The van der Waals surface area contributed by atoms with Crippen molar-refractivity contribution in [3.05, 3.63) is 90.0 Å². The summed E-state index contributed by atoms with van der Waals surface area (Å²) in [4.78, 5) is 27.1. The molecule has 1 fully saturated rings. The zero-order valence-corrected chi connectivity index (χ0v) is 17.2. The molecule has 8 heteroatoms. The van der Waals surface area contributed by atoms with Crippen LogP contribution in [0.1, 0.15) is 24.0 Å². The van der Waals surface area contributed by atoms with E-state index in [1.165, 1.54) is 0 Å². The number of halogens is 2. The fraction of sp³-hybridized carbons (Fsp3) is 0.120. The Bertz CT molecular complexity index is 1440. The van der Waals surface area contributed by atoms with Gasteiger partial charge in [0.15, 0.2) is 11.6 Å². The van der Waals surface area contributed by atoms with Gasteiger partial charge in [0.1, 0.15) is 11.2 Å². The first-order valence-electron chi connectivity index (χ1n) is 10.3. The second-order valence-corrected chi connectivity index (χ2v) is 7.95. The molecular weight excluding hydrogens is 424 g/mol. The van der Waals surface area contributed by atoms with Gasteiger partial charge in [0.25, 0.3) is 5.91 Å². The Kier molecular flexibility index (Phi) is 4.14. The molecule has 0 bridgehead atoms. The van der Waals surface area contributed by atoms with Crippen molar-refractivity contribution in [1.29, 1.82) is 0 Å². The van der Waals surface area contributed by atoms with Gasteiger partial charge in [0.2, 0.25) is 5.95 Å². The molecule has 1 aliphatic heterocycles. The van der Waals surface area contributed by atoms with Crippen LogP contribution in [0.5, 0.6) is 0 Å². The first-order chi connectivity index (χ1) is 16.1. The molecule has 33 heavy (non-hydrogen) atoms. The lowest BCUT2D eigenvalue weighted by Gasteiger charge is -2.17. The third kappa shape index (κ3) is 2.93. The minimum atomic E-state index is -0.884. The Hall–Kier alpha value is -4.38. The SMILES string of the molecule is O=C1N(c2c(F)cc(C#Cc3cccnc3)cc2F)c2ncc(-c3ccccn3)n2C12CC2. The smallest absolute Gasteiger partial charge is 0.260 e. The van der Waals surface area contributed by atoms with Crippen molar-refractivity contribution in [3.63, 3.8) is 0 Å². The van der Waals surface area contributed by atoms with Crippen molar-refractivity contribution >= 4 is 17.5 Å². The molecular formula is C25H15F2N5O. The second kappa shape index (κ2) is 7.07. The van der Waals surface area contributed by atoms with E-state index in [4.69, 9.17) is 0 Å². The van der Waals surface area contributed by atoms with E-state index in [0.717, 1.165) is 17.0 Å². The molecule has 2 aliphatic rings. The molecule has 4 heterocycles. The molecule has 1 aromatic carbocycles. The lowest BCUT2D eigenvalue weighted by molar-refractivity contribution is -0.120. The topological polar surface area (TPSA) is 63.9 Å². The van der Waals surface area contributed by atoms with Crippen LogP contribution < -0.4 is 4.90 Å². The number of aromatic nitrogens is 4.